The van der Waals surface area contributed by atoms with Crippen LogP contribution in [-0.4, -0.2) is 138 Å². The number of hydrogen-bond donors (Lipinski definition) is 11. The number of nitrogens with two attached hydrogens (primary N) is 3. The lowest BCUT2D eigenvalue weighted by atomic mass is 9.43. The fraction of sp³-hybridized carbons (Fsp3) is 0.844. The molecule has 14 N–H and O–H groups in total. The van der Waals surface area contributed by atoms with Gasteiger partial charge in [-0.2, -0.15) is 0 Å². The first kappa shape index (κ1) is 57.4. The Hall–Kier alpha value is -3.93. The fourth-order valence-corrected chi connectivity index (χ4v) is 9.65. The van der Waals surface area contributed by atoms with Crippen molar-refractivity contribution in [3.05, 3.63) is 0 Å². The van der Waals surface area contributed by atoms with E-state index in [1.54, 1.807) is 0 Å². The van der Waals surface area contributed by atoms with Crippen molar-refractivity contribution in [2.75, 3.05) is 20.2 Å². The second kappa shape index (κ2) is 26.7. The molecule has 4 fully saturated rings. The van der Waals surface area contributed by atoms with Crippen molar-refractivity contribution in [2.24, 2.45) is 40.4 Å². The van der Waals surface area contributed by atoms with Crippen LogP contribution in [0, 0.1) is 23.2 Å². The molecule has 11 atom stereocenters. The van der Waals surface area contributed by atoms with Crippen LogP contribution >= 0.6 is 0 Å². The molecule has 2 bridgehead atoms. The van der Waals surface area contributed by atoms with E-state index < -0.39 is 110 Å². The van der Waals surface area contributed by atoms with Crippen LogP contribution in [0.2, 0.25) is 0 Å². The average molecular weight is 951 g/mol. The minimum atomic E-state index is -1.73. The van der Waals surface area contributed by atoms with Crippen molar-refractivity contribution in [3.63, 3.8) is 0 Å². The highest BCUT2D eigenvalue weighted by Gasteiger charge is 2.68. The number of carbonyl (C=O) groups is 7. The SMILES string of the molecule is CCCCCCCCCCCCCC(=O)N[C@H](CO)C(=O)N[C@H](N)C(=O)NCC(=O)N(C)[C@H](C(=O)N[C@@H](N)C(=O)N[C@@H](CC(C)C)C(=O)N[C@@H](N)B1OC2C[C@@H]3C[C@@H](C3(C)C)[C@]2(C)O1)C(C)O. The third-order valence-corrected chi connectivity index (χ3v) is 13.9. The summed E-state index contributed by atoms with van der Waals surface area (Å²) in [4.78, 5) is 92.1. The lowest BCUT2D eigenvalue weighted by molar-refractivity contribution is -0.199. The van der Waals surface area contributed by atoms with Crippen molar-refractivity contribution in [3.8, 4) is 0 Å². The molecule has 3 saturated carbocycles. The maximum atomic E-state index is 13.5. The standard InChI is InChI=1S/C45H83BN10O11/c1-9-10-11-12-13-14-15-16-17-18-19-20-33(59)51-30(25-57)39(62)53-36(47)41(64)50-24-34(60)56(8)35(27(4)58)40(63)54-37(48)42(65)52-29(21-26(2)3)38(61)55-43(49)46-66-32-23-28-22-31(44(28,5)6)45(32,7)67-46/h26-32,35-37,43,57-58H,9-25,47-49H2,1-8H3,(H,50,64)(H,51,59)(H,52,65)(H,53,62)(H,54,63)(H,55,61)/t27?,28-,29-,30+,31-,32?,35-,36-,37+,43+,45-/m0/s1. The zero-order chi connectivity index (χ0) is 50.2. The Morgan fingerprint density at radius 3 is 1.84 bits per heavy atom. The molecule has 3 aliphatic carbocycles. The number of unbranched alkanes of at least 4 members (excludes halogenated alkanes) is 10. The maximum Gasteiger partial charge on any atom is 0.497 e. The normalized spacial score (nSPS) is 23.5. The van der Waals surface area contributed by atoms with E-state index >= 15 is 0 Å². The van der Waals surface area contributed by atoms with E-state index in [0.29, 0.717) is 12.3 Å². The first-order valence-corrected chi connectivity index (χ1v) is 24.4. The molecule has 4 rings (SSSR count). The van der Waals surface area contributed by atoms with Crippen molar-refractivity contribution in [1.82, 2.24) is 36.8 Å². The van der Waals surface area contributed by atoms with Crippen LogP contribution in [0.5, 0.6) is 0 Å². The van der Waals surface area contributed by atoms with Gasteiger partial charge in [-0.3, -0.25) is 33.6 Å². The number of aliphatic hydroxyl groups is 2. The Balaban J connectivity index is 1.43. The molecular weight excluding hydrogens is 867 g/mol. The summed E-state index contributed by atoms with van der Waals surface area (Å²) in [6, 6.07) is -5.15. The van der Waals surface area contributed by atoms with E-state index in [9.17, 15) is 43.8 Å². The topological polar surface area (TPSA) is 332 Å². The minimum absolute atomic E-state index is 0.0719. The molecule has 0 radical (unpaired) electrons. The predicted molar refractivity (Wildman–Crippen MR) is 251 cm³/mol. The van der Waals surface area contributed by atoms with Crippen molar-refractivity contribution < 1.29 is 53.1 Å². The fourth-order valence-electron chi connectivity index (χ4n) is 9.65. The number of rotatable bonds is 30. The molecule has 1 saturated heterocycles. The van der Waals surface area contributed by atoms with Crippen molar-refractivity contribution in [2.45, 2.75) is 199 Å². The molecule has 22 heteroatoms. The molecule has 0 aromatic carbocycles. The molecule has 0 spiro atoms. The molecule has 0 aromatic heterocycles. The van der Waals surface area contributed by atoms with Gasteiger partial charge in [-0.15, -0.1) is 0 Å². The minimum Gasteiger partial charge on any atom is -0.403 e. The predicted octanol–water partition coefficient (Wildman–Crippen LogP) is -0.510. The number of nitrogens with zero attached hydrogens (tertiary/aromatic N) is 1. The third kappa shape index (κ3) is 16.3. The number of amides is 7. The van der Waals surface area contributed by atoms with Gasteiger partial charge in [-0.1, -0.05) is 98.8 Å². The van der Waals surface area contributed by atoms with Gasteiger partial charge >= 0.3 is 7.12 Å². The zero-order valence-corrected chi connectivity index (χ0v) is 41.2. The molecular formula is C45H83BN10O11. The molecule has 382 valence electrons. The van der Waals surface area contributed by atoms with Gasteiger partial charge in [0.25, 0.3) is 11.8 Å². The van der Waals surface area contributed by atoms with Crippen molar-refractivity contribution in [1.29, 1.82) is 0 Å². The highest BCUT2D eigenvalue weighted by atomic mass is 16.7. The largest absolute Gasteiger partial charge is 0.497 e. The van der Waals surface area contributed by atoms with Crippen LogP contribution < -0.4 is 49.1 Å². The summed E-state index contributed by atoms with van der Waals surface area (Å²) in [6.07, 6.45) is 9.37. The quantitative estimate of drug-likeness (QED) is 0.0246. The van der Waals surface area contributed by atoms with Gasteiger partial charge in [0.1, 0.15) is 24.2 Å². The molecule has 7 amide bonds. The first-order chi connectivity index (χ1) is 31.5. The summed E-state index contributed by atoms with van der Waals surface area (Å²) in [5, 5.41) is 34.7. The lowest BCUT2D eigenvalue weighted by Crippen LogP contribution is -2.65. The smallest absolute Gasteiger partial charge is 0.403 e. The van der Waals surface area contributed by atoms with E-state index in [1.165, 1.54) is 52.5 Å². The summed E-state index contributed by atoms with van der Waals surface area (Å²) in [6.45, 7) is 12.1. The summed E-state index contributed by atoms with van der Waals surface area (Å²) in [7, 11) is 0.264. The second-order valence-electron chi connectivity index (χ2n) is 20.0. The monoisotopic (exact) mass is 951 g/mol. The van der Waals surface area contributed by atoms with E-state index in [-0.39, 0.29) is 36.2 Å². The van der Waals surface area contributed by atoms with Gasteiger partial charge in [-0.25, -0.2) is 0 Å². The van der Waals surface area contributed by atoms with Gasteiger partial charge < -0.3 is 73.5 Å². The Morgan fingerprint density at radius 1 is 0.731 bits per heavy atom. The van der Waals surface area contributed by atoms with Gasteiger partial charge in [-0.05, 0) is 62.7 Å². The highest BCUT2D eigenvalue weighted by Crippen LogP contribution is 2.65. The third-order valence-electron chi connectivity index (χ3n) is 13.9. The van der Waals surface area contributed by atoms with Crippen LogP contribution in [0.1, 0.15) is 145 Å². The van der Waals surface area contributed by atoms with Gasteiger partial charge in [0.2, 0.25) is 29.5 Å². The molecule has 21 nitrogen and oxygen atoms in total. The Labute approximate surface area is 397 Å². The average Bonchev–Trinajstić information content (AvgIpc) is 3.63. The number of likely N-dealkylation sites (N-methyl/N-ethyl adjacent to an activating group) is 1. The number of carbonyl (C=O) groups excluding carboxylic acids is 7. The lowest BCUT2D eigenvalue weighted by Gasteiger charge is -2.64. The van der Waals surface area contributed by atoms with Gasteiger partial charge in [0, 0.05) is 13.5 Å². The van der Waals surface area contributed by atoms with Crippen LogP contribution in [0.15, 0.2) is 0 Å². The van der Waals surface area contributed by atoms with E-state index in [1.807, 2.05) is 20.8 Å². The van der Waals surface area contributed by atoms with Crippen molar-refractivity contribution >= 4 is 48.5 Å². The summed E-state index contributed by atoms with van der Waals surface area (Å²) in [5.41, 5.74) is 17.8. The second-order valence-corrected chi connectivity index (χ2v) is 20.0. The zero-order valence-electron chi connectivity index (χ0n) is 41.2. The summed E-state index contributed by atoms with van der Waals surface area (Å²) >= 11 is 0. The van der Waals surface area contributed by atoms with Crippen LogP contribution in [-0.2, 0) is 42.9 Å². The van der Waals surface area contributed by atoms with Crippen LogP contribution in [0.3, 0.4) is 0 Å². The van der Waals surface area contributed by atoms with E-state index in [2.05, 4.69) is 52.7 Å². The first-order valence-electron chi connectivity index (χ1n) is 24.4. The molecule has 1 heterocycles. The Kier molecular flexibility index (Phi) is 22.9. The van der Waals surface area contributed by atoms with E-state index in [0.717, 1.165) is 43.4 Å². The van der Waals surface area contributed by atoms with Crippen LogP contribution in [0.4, 0.5) is 0 Å². The molecule has 1 aliphatic heterocycles. The number of aliphatic hydroxyl groups excluding tert-OH is 2. The number of hydrogen-bond acceptors (Lipinski definition) is 14. The molecule has 0 aromatic rings. The summed E-state index contributed by atoms with van der Waals surface area (Å²) in [5.74, 6) is -5.11. The maximum absolute atomic E-state index is 13.5. The molecule has 67 heavy (non-hydrogen) atoms. The van der Waals surface area contributed by atoms with Crippen LogP contribution in [0.25, 0.3) is 0 Å². The summed E-state index contributed by atoms with van der Waals surface area (Å²) < 4.78 is 12.6. The molecule has 2 unspecified atom stereocenters. The van der Waals surface area contributed by atoms with Gasteiger partial charge in [0.05, 0.1) is 31.0 Å². The molecule has 4 aliphatic rings. The van der Waals surface area contributed by atoms with E-state index in [4.69, 9.17) is 26.5 Å². The van der Waals surface area contributed by atoms with Gasteiger partial charge in [0.15, 0.2) is 12.3 Å². The Bertz CT molecular complexity index is 1680. The highest BCUT2D eigenvalue weighted by molar-refractivity contribution is 6.47. The Morgan fingerprint density at radius 2 is 1.28 bits per heavy atom. The number of nitrogens with one attached hydrogen (secondary N) is 6.